The third-order valence-corrected chi connectivity index (χ3v) is 4.54. The average molecular weight is 457 g/mol. The van der Waals surface area contributed by atoms with Crippen LogP contribution in [0.1, 0.15) is 16.7 Å². The molecule has 0 atom stereocenters. The normalized spacial score (nSPS) is 10.6. The van der Waals surface area contributed by atoms with E-state index in [0.717, 1.165) is 6.42 Å². The van der Waals surface area contributed by atoms with Gasteiger partial charge in [-0.1, -0.05) is 29.8 Å². The van der Waals surface area contributed by atoms with E-state index in [2.05, 4.69) is 85.8 Å². The zero-order valence-corrected chi connectivity index (χ0v) is 18.4. The Morgan fingerprint density at radius 2 is 1.69 bits per heavy atom. The number of rotatable bonds is 0. The maximum absolute atomic E-state index is 4.93. The fourth-order valence-electron chi connectivity index (χ4n) is 3.31. The van der Waals surface area contributed by atoms with Crippen LogP contribution in [0.3, 0.4) is 0 Å². The molecule has 0 N–H and O–H groups in total. The van der Waals surface area contributed by atoms with Gasteiger partial charge in [0.25, 0.3) is 0 Å². The molecule has 0 amide bonds. The Kier molecular flexibility index (Phi) is 7.20. The number of hydrogen-bond acceptors (Lipinski definition) is 0. The molecule has 0 fully saturated rings. The molecule has 0 saturated heterocycles. The molecule has 0 bridgehead atoms. The van der Waals surface area contributed by atoms with Crippen molar-refractivity contribution < 1.29 is 20.8 Å². The summed E-state index contributed by atoms with van der Waals surface area (Å²) in [5, 5.41) is 2.66. The summed E-state index contributed by atoms with van der Waals surface area (Å²) in [4.78, 5) is 0. The number of benzene rings is 3. The van der Waals surface area contributed by atoms with Crippen LogP contribution in [0.25, 0.3) is 21.9 Å². The molecular weight excluding hydrogens is 438 g/mol. The Balaban J connectivity index is 0.000000141. The van der Waals surface area contributed by atoms with Crippen LogP contribution in [0.4, 0.5) is 0 Å². The van der Waals surface area contributed by atoms with Crippen LogP contribution in [0.2, 0.25) is 0 Å². The zero-order valence-electron chi connectivity index (χ0n) is 14.5. The number of hydrogen-bond donors (Lipinski definition) is 0. The molecule has 0 radical (unpaired) electrons. The first kappa shape index (κ1) is 19.5. The van der Waals surface area contributed by atoms with Gasteiger partial charge in [0.15, 0.2) is 0 Å². The summed E-state index contributed by atoms with van der Waals surface area (Å²) >= 11 is -0.826. The van der Waals surface area contributed by atoms with E-state index in [1.165, 1.54) is 38.6 Å². The second-order valence-corrected chi connectivity index (χ2v) is 9.80. The van der Waals surface area contributed by atoms with Gasteiger partial charge >= 0.3 is 37.9 Å². The van der Waals surface area contributed by atoms with Crippen molar-refractivity contribution in [3.8, 4) is 11.1 Å². The molecule has 4 aromatic rings. The molecular formula is C23H18Cl2Zr. The quantitative estimate of drug-likeness (QED) is 0.215. The Hall–Kier alpha value is -1.27. The summed E-state index contributed by atoms with van der Waals surface area (Å²) in [5.41, 5.74) is 6.98. The minimum Gasteiger partial charge on any atom is -0.168 e. The standard InChI is InChI=1S/C14H11.C9H7.2ClH.Zr/c1-10-5-4-8-13-12-7-3-2-6-11(12)9-14(10)13;1-2-5-9-7-3-6-8(9)4-1;;;/h2-5,7-8H,9H2,1H3;1-7H;2*1H;/q2*-1;;;+4/p-2. The van der Waals surface area contributed by atoms with E-state index in [-0.39, 0.29) is 0 Å². The van der Waals surface area contributed by atoms with Crippen molar-refractivity contribution in [2.75, 3.05) is 0 Å². The molecule has 3 heteroatoms. The number of aryl methyl sites for hydroxylation is 1. The van der Waals surface area contributed by atoms with Crippen LogP contribution in [0.5, 0.6) is 0 Å². The largest absolute Gasteiger partial charge is 0.168 e. The first-order chi connectivity index (χ1) is 12.7. The van der Waals surface area contributed by atoms with E-state index in [1.807, 2.05) is 6.07 Å². The van der Waals surface area contributed by atoms with Gasteiger partial charge in [-0.2, -0.15) is 47.3 Å². The molecule has 0 aliphatic heterocycles. The van der Waals surface area contributed by atoms with Gasteiger partial charge in [0, 0.05) is 0 Å². The predicted octanol–water partition coefficient (Wildman–Crippen LogP) is 7.30. The third kappa shape index (κ3) is 4.52. The molecule has 1 aliphatic carbocycles. The number of halogens is 2. The Morgan fingerprint density at radius 1 is 0.923 bits per heavy atom. The van der Waals surface area contributed by atoms with Crippen LogP contribution >= 0.6 is 17.0 Å². The molecule has 0 unspecified atom stereocenters. The molecule has 0 aromatic heterocycles. The topological polar surface area (TPSA) is 0 Å². The molecule has 5 rings (SSSR count). The molecule has 0 nitrogen and oxygen atoms in total. The van der Waals surface area contributed by atoms with Crippen molar-refractivity contribution in [1.82, 2.24) is 0 Å². The summed E-state index contributed by atoms with van der Waals surface area (Å²) in [5.74, 6) is 0. The minimum atomic E-state index is -0.826. The predicted molar refractivity (Wildman–Crippen MR) is 110 cm³/mol. The van der Waals surface area contributed by atoms with Gasteiger partial charge in [-0.05, 0) is 24.5 Å². The van der Waals surface area contributed by atoms with E-state index in [1.54, 1.807) is 0 Å². The maximum Gasteiger partial charge on any atom is -0.0809 e. The van der Waals surface area contributed by atoms with E-state index >= 15 is 0 Å². The Labute approximate surface area is 173 Å². The van der Waals surface area contributed by atoms with Crippen molar-refractivity contribution in [2.24, 2.45) is 0 Å². The Bertz CT molecular complexity index is 958. The van der Waals surface area contributed by atoms with Crippen LogP contribution in [0.15, 0.2) is 78.9 Å². The van der Waals surface area contributed by atoms with Gasteiger partial charge in [0.2, 0.25) is 0 Å². The van der Waals surface area contributed by atoms with Gasteiger partial charge in [0.1, 0.15) is 0 Å². The smallest absolute Gasteiger partial charge is 0.0809 e. The monoisotopic (exact) mass is 454 g/mol. The molecule has 1 aliphatic rings. The molecule has 0 saturated carbocycles. The average Bonchev–Trinajstić information content (AvgIpc) is 3.28. The van der Waals surface area contributed by atoms with Gasteiger partial charge in [-0.15, -0.1) is 35.2 Å². The SMILES string of the molecule is Cc1cccc2c1Cc1[c-]cccc1-2.[Cl][Zr+2][Cl].c1ccc2[cH-]ccc2c1. The van der Waals surface area contributed by atoms with E-state index in [9.17, 15) is 0 Å². The molecule has 26 heavy (non-hydrogen) atoms. The van der Waals surface area contributed by atoms with Gasteiger partial charge in [-0.25, -0.2) is 0 Å². The summed E-state index contributed by atoms with van der Waals surface area (Å²) in [7, 11) is 9.87. The number of fused-ring (bicyclic) bond motifs is 4. The first-order valence-corrected chi connectivity index (χ1v) is 14.7. The summed E-state index contributed by atoms with van der Waals surface area (Å²) in [6, 6.07) is 30.8. The fourth-order valence-corrected chi connectivity index (χ4v) is 3.31. The second-order valence-electron chi connectivity index (χ2n) is 6.07. The van der Waals surface area contributed by atoms with E-state index < -0.39 is 20.8 Å². The molecule has 4 aromatic carbocycles. The van der Waals surface area contributed by atoms with Crippen molar-refractivity contribution >= 4 is 27.8 Å². The van der Waals surface area contributed by atoms with Crippen LogP contribution in [-0.2, 0) is 27.3 Å². The molecule has 0 spiro atoms. The second kappa shape index (κ2) is 9.61. The van der Waals surface area contributed by atoms with Gasteiger partial charge < -0.3 is 0 Å². The zero-order chi connectivity index (χ0) is 18.4. The van der Waals surface area contributed by atoms with E-state index in [0.29, 0.717) is 0 Å². The van der Waals surface area contributed by atoms with Crippen molar-refractivity contribution in [1.29, 1.82) is 0 Å². The maximum atomic E-state index is 4.93. The van der Waals surface area contributed by atoms with Crippen LogP contribution < -0.4 is 0 Å². The fraction of sp³-hybridized carbons (Fsp3) is 0.0870. The van der Waals surface area contributed by atoms with Gasteiger partial charge in [0.05, 0.1) is 0 Å². The summed E-state index contributed by atoms with van der Waals surface area (Å²) in [6.07, 6.45) is 1.05. The van der Waals surface area contributed by atoms with Crippen LogP contribution in [-0.4, -0.2) is 0 Å². The van der Waals surface area contributed by atoms with E-state index in [4.69, 9.17) is 17.0 Å². The minimum absolute atomic E-state index is 0.826. The summed E-state index contributed by atoms with van der Waals surface area (Å²) < 4.78 is 0. The van der Waals surface area contributed by atoms with Crippen molar-refractivity contribution in [2.45, 2.75) is 13.3 Å². The van der Waals surface area contributed by atoms with Crippen LogP contribution in [0, 0.1) is 13.0 Å². The van der Waals surface area contributed by atoms with Crippen molar-refractivity contribution in [3.05, 3.63) is 102 Å². The summed E-state index contributed by atoms with van der Waals surface area (Å²) in [6.45, 7) is 2.19. The first-order valence-electron chi connectivity index (χ1n) is 8.39. The Morgan fingerprint density at radius 3 is 2.50 bits per heavy atom. The third-order valence-electron chi connectivity index (χ3n) is 4.54. The molecule has 0 heterocycles. The van der Waals surface area contributed by atoms with Gasteiger partial charge in [-0.3, -0.25) is 0 Å². The van der Waals surface area contributed by atoms with Crippen molar-refractivity contribution in [3.63, 3.8) is 0 Å². The molecule has 128 valence electrons.